The van der Waals surface area contributed by atoms with Crippen LogP contribution in [0, 0.1) is 0 Å². The lowest BCUT2D eigenvalue weighted by Crippen LogP contribution is -2.43. The molecule has 0 aliphatic rings. The minimum absolute atomic E-state index is 0.0857. The molecule has 0 heterocycles. The highest BCUT2D eigenvalue weighted by Crippen LogP contribution is 1.87. The first-order chi connectivity index (χ1) is 6.74. The third-order valence-electron chi connectivity index (χ3n) is 1.64. The molecule has 0 saturated carbocycles. The molecule has 1 unspecified atom stereocenters. The lowest BCUT2D eigenvalue weighted by Gasteiger charge is -2.10. The number of nitrogens with zero attached hydrogens (tertiary/aromatic N) is 1. The van der Waals surface area contributed by atoms with E-state index >= 15 is 0 Å². The van der Waals surface area contributed by atoms with Gasteiger partial charge in [0.1, 0.15) is 0 Å². The topological polar surface area (TPSA) is 80.9 Å². The number of ether oxygens (including phenoxy) is 2. The van der Waals surface area contributed by atoms with Crippen molar-refractivity contribution in [2.45, 2.75) is 13.0 Å². The van der Waals surface area contributed by atoms with Crippen LogP contribution < -0.4 is 16.6 Å². The van der Waals surface area contributed by atoms with Crippen molar-refractivity contribution >= 4 is 5.96 Å². The number of aliphatic imine (C=N–C) groups is 1. The first kappa shape index (κ1) is 13.2. The van der Waals surface area contributed by atoms with Gasteiger partial charge >= 0.3 is 0 Å². The number of hydrogen-bond donors (Lipinski definition) is 3. The summed E-state index contributed by atoms with van der Waals surface area (Å²) < 4.78 is 9.92. The van der Waals surface area contributed by atoms with Crippen molar-refractivity contribution in [2.75, 3.05) is 33.9 Å². The fourth-order valence-electron chi connectivity index (χ4n) is 0.718. The van der Waals surface area contributed by atoms with Gasteiger partial charge in [-0.25, -0.2) is 10.8 Å². The SMILES string of the molecule is COCCNC(=NCC(C)OC)NN. The Bertz CT molecular complexity index is 163. The standard InChI is InChI=1S/C8H20N4O2/c1-7(14-3)6-11-8(12-9)10-4-5-13-2/h7H,4-6,9H2,1-3H3,(H2,10,11,12). The Kier molecular flexibility index (Phi) is 8.20. The average molecular weight is 204 g/mol. The number of guanidine groups is 1. The van der Waals surface area contributed by atoms with Gasteiger partial charge in [0.15, 0.2) is 0 Å². The summed E-state index contributed by atoms with van der Waals surface area (Å²) in [4.78, 5) is 4.17. The molecule has 0 aromatic rings. The second-order valence-electron chi connectivity index (χ2n) is 2.80. The van der Waals surface area contributed by atoms with E-state index in [1.54, 1.807) is 14.2 Å². The molecule has 0 bridgehead atoms. The van der Waals surface area contributed by atoms with E-state index in [4.69, 9.17) is 15.3 Å². The maximum absolute atomic E-state index is 5.26. The van der Waals surface area contributed by atoms with E-state index < -0.39 is 0 Å². The summed E-state index contributed by atoms with van der Waals surface area (Å²) in [5, 5.41) is 2.98. The van der Waals surface area contributed by atoms with Gasteiger partial charge in [0, 0.05) is 20.8 Å². The first-order valence-corrected chi connectivity index (χ1v) is 4.51. The van der Waals surface area contributed by atoms with E-state index in [1.165, 1.54) is 0 Å². The monoisotopic (exact) mass is 204 g/mol. The van der Waals surface area contributed by atoms with Crippen LogP contribution in [0.4, 0.5) is 0 Å². The van der Waals surface area contributed by atoms with Crippen molar-refractivity contribution in [1.29, 1.82) is 0 Å². The zero-order chi connectivity index (χ0) is 10.8. The van der Waals surface area contributed by atoms with Crippen LogP contribution in [0.1, 0.15) is 6.92 Å². The molecule has 0 spiro atoms. The second kappa shape index (κ2) is 8.74. The Labute approximate surface area is 84.8 Å². The quantitative estimate of drug-likeness (QED) is 0.171. The number of hydrazine groups is 1. The molecule has 0 amide bonds. The molecule has 84 valence electrons. The van der Waals surface area contributed by atoms with Crippen LogP contribution in [0.15, 0.2) is 4.99 Å². The number of methoxy groups -OCH3 is 2. The summed E-state index contributed by atoms with van der Waals surface area (Å²) in [7, 11) is 3.29. The highest BCUT2D eigenvalue weighted by Gasteiger charge is 1.99. The normalized spacial score (nSPS) is 13.9. The third kappa shape index (κ3) is 6.64. The van der Waals surface area contributed by atoms with E-state index in [0.29, 0.717) is 25.7 Å². The molecule has 0 aromatic carbocycles. The average Bonchev–Trinajstić information content (AvgIpc) is 2.22. The molecule has 0 saturated heterocycles. The Morgan fingerprint density at radius 1 is 1.50 bits per heavy atom. The fourth-order valence-corrected chi connectivity index (χ4v) is 0.718. The molecule has 6 nitrogen and oxygen atoms in total. The third-order valence-corrected chi connectivity index (χ3v) is 1.64. The first-order valence-electron chi connectivity index (χ1n) is 4.51. The number of nitrogens with two attached hydrogens (primary N) is 1. The van der Waals surface area contributed by atoms with Gasteiger partial charge in [-0.2, -0.15) is 0 Å². The predicted molar refractivity (Wildman–Crippen MR) is 56.0 cm³/mol. The second-order valence-corrected chi connectivity index (χ2v) is 2.80. The number of hydrogen-bond acceptors (Lipinski definition) is 4. The van der Waals surface area contributed by atoms with E-state index in [9.17, 15) is 0 Å². The van der Waals surface area contributed by atoms with Gasteiger partial charge in [0.2, 0.25) is 5.96 Å². The maximum Gasteiger partial charge on any atom is 0.205 e. The fraction of sp³-hybridized carbons (Fsp3) is 0.875. The van der Waals surface area contributed by atoms with Gasteiger partial charge < -0.3 is 14.8 Å². The summed E-state index contributed by atoms with van der Waals surface area (Å²) >= 11 is 0. The van der Waals surface area contributed by atoms with E-state index in [2.05, 4.69) is 15.7 Å². The van der Waals surface area contributed by atoms with Crippen LogP contribution in [0.3, 0.4) is 0 Å². The Balaban J connectivity index is 3.74. The van der Waals surface area contributed by atoms with Crippen molar-refractivity contribution in [1.82, 2.24) is 10.7 Å². The van der Waals surface area contributed by atoms with Crippen LogP contribution in [0.2, 0.25) is 0 Å². The van der Waals surface area contributed by atoms with E-state index in [1.807, 2.05) is 6.92 Å². The molecular weight excluding hydrogens is 184 g/mol. The smallest absolute Gasteiger partial charge is 0.205 e. The summed E-state index contributed by atoms with van der Waals surface area (Å²) in [5.74, 6) is 5.80. The van der Waals surface area contributed by atoms with E-state index in [0.717, 1.165) is 0 Å². The van der Waals surface area contributed by atoms with Gasteiger partial charge in [-0.05, 0) is 6.92 Å². The largest absolute Gasteiger partial charge is 0.383 e. The Morgan fingerprint density at radius 2 is 2.21 bits per heavy atom. The molecule has 0 radical (unpaired) electrons. The molecule has 1 atom stereocenters. The van der Waals surface area contributed by atoms with E-state index in [-0.39, 0.29) is 6.10 Å². The minimum atomic E-state index is 0.0857. The molecule has 0 aliphatic carbocycles. The van der Waals surface area contributed by atoms with Crippen LogP contribution in [0.5, 0.6) is 0 Å². The summed E-state index contributed by atoms with van der Waals surface area (Å²) in [5.41, 5.74) is 2.47. The lowest BCUT2D eigenvalue weighted by molar-refractivity contribution is 0.125. The zero-order valence-electron chi connectivity index (χ0n) is 9.04. The van der Waals surface area contributed by atoms with Crippen molar-refractivity contribution in [2.24, 2.45) is 10.8 Å². The molecule has 0 fully saturated rings. The zero-order valence-corrected chi connectivity index (χ0v) is 9.04. The predicted octanol–water partition coefficient (Wildman–Crippen LogP) is -0.923. The van der Waals surface area contributed by atoms with Gasteiger partial charge in [0.25, 0.3) is 0 Å². The Hall–Kier alpha value is -0.850. The molecule has 0 aliphatic heterocycles. The molecule has 0 aromatic heterocycles. The van der Waals surface area contributed by atoms with Crippen LogP contribution in [-0.4, -0.2) is 46.0 Å². The summed E-state index contributed by atoms with van der Waals surface area (Å²) in [6.45, 7) is 3.78. The summed E-state index contributed by atoms with van der Waals surface area (Å²) in [6.07, 6.45) is 0.0857. The van der Waals surface area contributed by atoms with Crippen LogP contribution in [-0.2, 0) is 9.47 Å². The van der Waals surface area contributed by atoms with Crippen molar-refractivity contribution in [3.05, 3.63) is 0 Å². The number of nitrogens with one attached hydrogen (secondary N) is 2. The van der Waals surface area contributed by atoms with Gasteiger partial charge in [0.05, 0.1) is 19.3 Å². The molecule has 14 heavy (non-hydrogen) atoms. The van der Waals surface area contributed by atoms with Crippen LogP contribution in [0.25, 0.3) is 0 Å². The Morgan fingerprint density at radius 3 is 2.71 bits per heavy atom. The van der Waals surface area contributed by atoms with Gasteiger partial charge in [-0.15, -0.1) is 0 Å². The maximum atomic E-state index is 5.26. The molecule has 4 N–H and O–H groups in total. The molecule has 0 rings (SSSR count). The minimum Gasteiger partial charge on any atom is -0.383 e. The highest BCUT2D eigenvalue weighted by molar-refractivity contribution is 5.79. The number of rotatable bonds is 6. The lowest BCUT2D eigenvalue weighted by atomic mass is 10.4. The van der Waals surface area contributed by atoms with Crippen LogP contribution >= 0.6 is 0 Å². The van der Waals surface area contributed by atoms with Gasteiger partial charge in [-0.1, -0.05) is 0 Å². The van der Waals surface area contributed by atoms with Crippen molar-refractivity contribution in [3.63, 3.8) is 0 Å². The summed E-state index contributed by atoms with van der Waals surface area (Å²) in [6, 6.07) is 0. The van der Waals surface area contributed by atoms with Crippen molar-refractivity contribution in [3.8, 4) is 0 Å². The molecular formula is C8H20N4O2. The molecule has 6 heteroatoms. The highest BCUT2D eigenvalue weighted by atomic mass is 16.5. The van der Waals surface area contributed by atoms with Crippen molar-refractivity contribution < 1.29 is 9.47 Å². The van der Waals surface area contributed by atoms with Gasteiger partial charge in [-0.3, -0.25) is 5.43 Å².